The molecule has 4 aromatic rings. The molecule has 0 saturated carbocycles. The van der Waals surface area contributed by atoms with Crippen molar-refractivity contribution in [2.75, 3.05) is 12.0 Å². The summed E-state index contributed by atoms with van der Waals surface area (Å²) in [6, 6.07) is 29.9. The Hall–Kier alpha value is -0.650. The molecule has 0 aliphatic rings. The minimum atomic E-state index is -4.14. The van der Waals surface area contributed by atoms with Gasteiger partial charge in [0, 0.05) is 76.4 Å². The van der Waals surface area contributed by atoms with Crippen LogP contribution < -0.4 is 15.1 Å². The maximum atomic E-state index is 9.10. The summed E-state index contributed by atoms with van der Waals surface area (Å²) in [5, 5.41) is 8.75. The van der Waals surface area contributed by atoms with E-state index in [0.29, 0.717) is 6.66 Å². The fourth-order valence-corrected chi connectivity index (χ4v) is 2.99. The molecule has 0 aromatic heterocycles. The molecule has 0 saturated heterocycles. The molecular formula is C22H20NNa2O3P-2. The second-order valence-electron chi connectivity index (χ2n) is 6.30. The predicted molar refractivity (Wildman–Crippen MR) is 120 cm³/mol. The van der Waals surface area contributed by atoms with Crippen LogP contribution in [-0.4, -0.2) is 65.8 Å². The van der Waals surface area contributed by atoms with Crippen molar-refractivity contribution < 1.29 is 14.4 Å². The molecule has 4 rings (SSSR count). The Morgan fingerprint density at radius 1 is 0.759 bits per heavy atom. The van der Waals surface area contributed by atoms with Gasteiger partial charge in [-0.3, -0.25) is 0 Å². The van der Waals surface area contributed by atoms with E-state index < -0.39 is 7.60 Å². The molecule has 0 amide bonds. The largest absolute Gasteiger partial charge is 0.811 e. The van der Waals surface area contributed by atoms with E-state index in [1.54, 1.807) is 0 Å². The van der Waals surface area contributed by atoms with E-state index in [-0.39, 0.29) is 59.1 Å². The van der Waals surface area contributed by atoms with E-state index in [1.807, 2.05) is 0 Å². The number of fused-ring (bicyclic) bond motifs is 2. The van der Waals surface area contributed by atoms with E-state index >= 15 is 0 Å². The van der Waals surface area contributed by atoms with Crippen molar-refractivity contribution in [2.24, 2.45) is 0 Å². The van der Waals surface area contributed by atoms with Gasteiger partial charge in [-0.05, 0) is 29.1 Å². The zero-order valence-corrected chi connectivity index (χ0v) is 21.9. The Morgan fingerprint density at radius 2 is 1.17 bits per heavy atom. The standard InChI is InChI=1S/C21H17N.CH5O3P.2Na/c1-2-8-16(9-3-1)15-22-21-19-12-6-4-10-17(19)14-18-11-5-7-13-20(18)21;1-5(2,3)4;;/h1-14,22H,15H2;1H3,(H2,2,3,4);;/p-2. The average molecular weight is 423 g/mol. The second-order valence-corrected chi connectivity index (χ2v) is 7.85. The summed E-state index contributed by atoms with van der Waals surface area (Å²) in [6.45, 7) is 1.46. The minimum Gasteiger partial charge on any atom is -0.811 e. The molecule has 4 nitrogen and oxygen atoms in total. The molecule has 0 heterocycles. The summed E-state index contributed by atoms with van der Waals surface area (Å²) in [7, 11) is -4.14. The van der Waals surface area contributed by atoms with Crippen LogP contribution in [0.5, 0.6) is 0 Å². The first-order chi connectivity index (χ1) is 12.9. The zero-order chi connectivity index (χ0) is 19.3. The Balaban J connectivity index is 0.000000542. The molecule has 0 fully saturated rings. The van der Waals surface area contributed by atoms with Crippen molar-refractivity contribution in [1.82, 2.24) is 0 Å². The molecule has 2 radical (unpaired) electrons. The first kappa shape index (κ1) is 26.4. The van der Waals surface area contributed by atoms with E-state index in [1.165, 1.54) is 32.8 Å². The summed E-state index contributed by atoms with van der Waals surface area (Å²) in [4.78, 5) is 18.2. The van der Waals surface area contributed by atoms with Gasteiger partial charge < -0.3 is 19.7 Å². The zero-order valence-electron chi connectivity index (χ0n) is 17.0. The summed E-state index contributed by atoms with van der Waals surface area (Å²) in [6.07, 6.45) is 0. The third kappa shape index (κ3) is 8.18. The van der Waals surface area contributed by atoms with Crippen molar-refractivity contribution >= 4 is 93.9 Å². The third-order valence-corrected chi connectivity index (χ3v) is 4.08. The smallest absolute Gasteiger partial charge is 0.0502 e. The van der Waals surface area contributed by atoms with Crippen LogP contribution in [0.25, 0.3) is 21.5 Å². The number of rotatable bonds is 3. The van der Waals surface area contributed by atoms with Crippen LogP contribution in [0, 0.1) is 0 Å². The first-order valence-electron chi connectivity index (χ1n) is 8.59. The fourth-order valence-electron chi connectivity index (χ4n) is 2.99. The quantitative estimate of drug-likeness (QED) is 0.312. The molecular weight excluding hydrogens is 403 g/mol. The van der Waals surface area contributed by atoms with Crippen LogP contribution in [-0.2, 0) is 11.1 Å². The monoisotopic (exact) mass is 423 g/mol. The van der Waals surface area contributed by atoms with Gasteiger partial charge in [-0.25, -0.2) is 0 Å². The van der Waals surface area contributed by atoms with Crippen molar-refractivity contribution in [3.63, 3.8) is 0 Å². The summed E-state index contributed by atoms with van der Waals surface area (Å²) < 4.78 is 9.10. The molecule has 0 aliphatic heterocycles. The Kier molecular flexibility index (Phi) is 11.2. The number of benzene rings is 4. The summed E-state index contributed by atoms with van der Waals surface area (Å²) in [5.41, 5.74) is 2.51. The van der Waals surface area contributed by atoms with Gasteiger partial charge in [0.1, 0.15) is 0 Å². The van der Waals surface area contributed by atoms with E-state index in [2.05, 4.69) is 90.2 Å². The molecule has 4 aromatic carbocycles. The normalized spacial score (nSPS) is 10.3. The third-order valence-electron chi connectivity index (χ3n) is 4.08. The Labute approximate surface area is 215 Å². The van der Waals surface area contributed by atoms with Crippen molar-refractivity contribution in [3.8, 4) is 0 Å². The molecule has 0 aliphatic carbocycles. The van der Waals surface area contributed by atoms with Gasteiger partial charge in [-0.15, -0.1) is 0 Å². The van der Waals surface area contributed by atoms with E-state index in [0.717, 1.165) is 6.54 Å². The molecule has 0 atom stereocenters. The molecule has 0 unspecified atom stereocenters. The van der Waals surface area contributed by atoms with E-state index in [4.69, 9.17) is 14.4 Å². The SMILES string of the molecule is CP(=O)([O-])[O-].[Na].[Na].c1ccc(CNc2c3ccccc3cc3ccccc23)cc1. The fraction of sp³-hybridized carbons (Fsp3) is 0.0909. The molecule has 0 bridgehead atoms. The van der Waals surface area contributed by atoms with Crippen LogP contribution in [0.4, 0.5) is 5.69 Å². The predicted octanol–water partition coefficient (Wildman–Crippen LogP) is 3.37. The summed E-state index contributed by atoms with van der Waals surface area (Å²) in [5.74, 6) is 0. The minimum absolute atomic E-state index is 0. The van der Waals surface area contributed by atoms with Crippen LogP contribution >= 0.6 is 7.60 Å². The maximum absolute atomic E-state index is 9.10. The van der Waals surface area contributed by atoms with Crippen molar-refractivity contribution in [1.29, 1.82) is 0 Å². The topological polar surface area (TPSA) is 75.2 Å². The van der Waals surface area contributed by atoms with Gasteiger partial charge in [0.05, 0.1) is 5.69 Å². The van der Waals surface area contributed by atoms with Crippen LogP contribution in [0.3, 0.4) is 0 Å². The molecule has 1 N–H and O–H groups in total. The number of nitrogens with one attached hydrogen (secondary N) is 1. The average Bonchev–Trinajstić information content (AvgIpc) is 2.64. The molecule has 7 heteroatoms. The van der Waals surface area contributed by atoms with Gasteiger partial charge >= 0.3 is 0 Å². The van der Waals surface area contributed by atoms with Crippen LogP contribution in [0.2, 0.25) is 0 Å². The van der Waals surface area contributed by atoms with Crippen LogP contribution in [0.1, 0.15) is 5.56 Å². The second kappa shape index (κ2) is 12.3. The van der Waals surface area contributed by atoms with Crippen LogP contribution in [0.15, 0.2) is 84.9 Å². The van der Waals surface area contributed by atoms with Gasteiger partial charge in [-0.1, -0.05) is 86.5 Å². The Morgan fingerprint density at radius 3 is 1.66 bits per heavy atom. The summed E-state index contributed by atoms with van der Waals surface area (Å²) >= 11 is 0. The first-order valence-corrected chi connectivity index (χ1v) is 10.6. The maximum Gasteiger partial charge on any atom is 0.0502 e. The molecule has 0 spiro atoms. The van der Waals surface area contributed by atoms with Gasteiger partial charge in [0.25, 0.3) is 0 Å². The Bertz CT molecular complexity index is 1040. The van der Waals surface area contributed by atoms with Gasteiger partial charge in [0.2, 0.25) is 0 Å². The number of anilines is 1. The van der Waals surface area contributed by atoms with Crippen molar-refractivity contribution in [3.05, 3.63) is 90.5 Å². The van der Waals surface area contributed by atoms with E-state index in [9.17, 15) is 0 Å². The van der Waals surface area contributed by atoms with Gasteiger partial charge in [-0.2, -0.15) is 0 Å². The molecule has 140 valence electrons. The molecule has 29 heavy (non-hydrogen) atoms. The number of hydrogen-bond donors (Lipinski definition) is 1. The van der Waals surface area contributed by atoms with Gasteiger partial charge in [0.15, 0.2) is 0 Å². The number of hydrogen-bond acceptors (Lipinski definition) is 4. The van der Waals surface area contributed by atoms with Crippen molar-refractivity contribution in [2.45, 2.75) is 6.54 Å².